The van der Waals surface area contributed by atoms with Gasteiger partial charge in [0.05, 0.1) is 12.8 Å². The first kappa shape index (κ1) is 17.3. The number of rotatable bonds is 8. The number of furan rings is 1. The number of nitrogens with two attached hydrogens (primary N) is 1. The summed E-state index contributed by atoms with van der Waals surface area (Å²) in [5.74, 6) is 2.01. The maximum absolute atomic E-state index is 11.1. The SMILES string of the molecule is Cc1ccccc1CSc1nnc(CCC(N)=O)n1Cc1ccco1. The van der Waals surface area contributed by atoms with Crippen molar-refractivity contribution in [3.8, 4) is 0 Å². The van der Waals surface area contributed by atoms with Crippen molar-refractivity contribution in [3.63, 3.8) is 0 Å². The second-order valence-electron chi connectivity index (χ2n) is 5.75. The highest BCUT2D eigenvalue weighted by Gasteiger charge is 2.15. The maximum Gasteiger partial charge on any atom is 0.217 e. The molecule has 6 nitrogen and oxygen atoms in total. The quantitative estimate of drug-likeness (QED) is 0.627. The number of nitrogens with zero attached hydrogens (tertiary/aromatic N) is 3. The highest BCUT2D eigenvalue weighted by Crippen LogP contribution is 2.25. The molecule has 0 unspecified atom stereocenters. The molecule has 25 heavy (non-hydrogen) atoms. The smallest absolute Gasteiger partial charge is 0.217 e. The van der Waals surface area contributed by atoms with Crippen molar-refractivity contribution in [2.24, 2.45) is 5.73 Å². The van der Waals surface area contributed by atoms with Gasteiger partial charge in [0.15, 0.2) is 5.16 Å². The van der Waals surface area contributed by atoms with Crippen LogP contribution in [0, 0.1) is 6.92 Å². The molecular formula is C18H20N4O2S. The van der Waals surface area contributed by atoms with Gasteiger partial charge in [0.2, 0.25) is 5.91 Å². The zero-order valence-corrected chi connectivity index (χ0v) is 14.8. The van der Waals surface area contributed by atoms with Crippen LogP contribution >= 0.6 is 11.8 Å². The Kier molecular flexibility index (Phi) is 5.55. The number of thioether (sulfide) groups is 1. The van der Waals surface area contributed by atoms with Gasteiger partial charge in [-0.2, -0.15) is 0 Å². The molecule has 0 saturated heterocycles. The number of amides is 1. The molecule has 0 atom stereocenters. The van der Waals surface area contributed by atoms with Gasteiger partial charge in [-0.3, -0.25) is 9.36 Å². The molecule has 0 bridgehead atoms. The van der Waals surface area contributed by atoms with E-state index in [1.54, 1.807) is 18.0 Å². The van der Waals surface area contributed by atoms with Gasteiger partial charge >= 0.3 is 0 Å². The Morgan fingerprint density at radius 1 is 1.24 bits per heavy atom. The molecule has 130 valence electrons. The van der Waals surface area contributed by atoms with E-state index in [0.29, 0.717) is 13.0 Å². The van der Waals surface area contributed by atoms with Gasteiger partial charge in [0.25, 0.3) is 0 Å². The number of hydrogen-bond acceptors (Lipinski definition) is 5. The Morgan fingerprint density at radius 2 is 2.08 bits per heavy atom. The monoisotopic (exact) mass is 356 g/mol. The van der Waals surface area contributed by atoms with Crippen LogP contribution in [0.4, 0.5) is 0 Å². The number of aryl methyl sites for hydroxylation is 2. The fourth-order valence-electron chi connectivity index (χ4n) is 2.48. The fourth-order valence-corrected chi connectivity index (χ4v) is 3.51. The summed E-state index contributed by atoms with van der Waals surface area (Å²) in [5.41, 5.74) is 7.78. The first-order valence-electron chi connectivity index (χ1n) is 8.03. The van der Waals surface area contributed by atoms with E-state index in [9.17, 15) is 4.79 Å². The van der Waals surface area contributed by atoms with Gasteiger partial charge in [-0.25, -0.2) is 0 Å². The second kappa shape index (κ2) is 8.02. The molecule has 1 amide bonds. The molecule has 0 aliphatic heterocycles. The van der Waals surface area contributed by atoms with Crippen molar-refractivity contribution in [3.05, 3.63) is 65.4 Å². The molecule has 2 aromatic heterocycles. The number of primary amides is 1. The van der Waals surface area contributed by atoms with E-state index in [1.807, 2.05) is 28.8 Å². The molecule has 0 aliphatic rings. The van der Waals surface area contributed by atoms with E-state index in [2.05, 4.69) is 29.3 Å². The second-order valence-corrected chi connectivity index (χ2v) is 6.69. The van der Waals surface area contributed by atoms with Gasteiger partial charge in [0.1, 0.15) is 11.6 Å². The molecule has 0 saturated carbocycles. The summed E-state index contributed by atoms with van der Waals surface area (Å²) in [6, 6.07) is 12.0. The highest BCUT2D eigenvalue weighted by molar-refractivity contribution is 7.98. The molecule has 2 N–H and O–H groups in total. The predicted molar refractivity (Wildman–Crippen MR) is 96.1 cm³/mol. The lowest BCUT2D eigenvalue weighted by Gasteiger charge is -2.09. The van der Waals surface area contributed by atoms with E-state index in [-0.39, 0.29) is 12.3 Å². The lowest BCUT2D eigenvalue weighted by atomic mass is 10.1. The number of benzene rings is 1. The van der Waals surface area contributed by atoms with Gasteiger partial charge in [-0.05, 0) is 30.2 Å². The van der Waals surface area contributed by atoms with Crippen LogP contribution in [0.1, 0.15) is 29.1 Å². The first-order chi connectivity index (χ1) is 12.1. The van der Waals surface area contributed by atoms with Crippen LogP contribution in [0.2, 0.25) is 0 Å². The predicted octanol–water partition coefficient (Wildman–Crippen LogP) is 2.94. The van der Waals surface area contributed by atoms with E-state index in [1.165, 1.54) is 11.1 Å². The summed E-state index contributed by atoms with van der Waals surface area (Å²) in [5, 5.41) is 9.35. The average Bonchev–Trinajstić information content (AvgIpc) is 3.23. The Hall–Kier alpha value is -2.54. The van der Waals surface area contributed by atoms with Gasteiger partial charge < -0.3 is 10.2 Å². The zero-order valence-electron chi connectivity index (χ0n) is 14.0. The minimum Gasteiger partial charge on any atom is -0.467 e. The molecule has 2 heterocycles. The molecule has 3 rings (SSSR count). The molecule has 3 aromatic rings. The number of carbonyl (C=O) groups is 1. The van der Waals surface area contributed by atoms with Crippen molar-refractivity contribution in [1.29, 1.82) is 0 Å². The molecular weight excluding hydrogens is 336 g/mol. The van der Waals surface area contributed by atoms with Crippen LogP contribution in [0.5, 0.6) is 0 Å². The van der Waals surface area contributed by atoms with Crippen LogP contribution in [0.15, 0.2) is 52.2 Å². The lowest BCUT2D eigenvalue weighted by molar-refractivity contribution is -0.118. The first-order valence-corrected chi connectivity index (χ1v) is 9.02. The Balaban J connectivity index is 1.79. The molecule has 0 aliphatic carbocycles. The molecule has 1 aromatic carbocycles. The Labute approximate surface area is 150 Å². The molecule has 0 radical (unpaired) electrons. The van der Waals surface area contributed by atoms with Crippen LogP contribution < -0.4 is 5.73 Å². The van der Waals surface area contributed by atoms with Crippen LogP contribution in [0.25, 0.3) is 0 Å². The maximum atomic E-state index is 11.1. The van der Waals surface area contributed by atoms with E-state index >= 15 is 0 Å². The Morgan fingerprint density at radius 3 is 2.80 bits per heavy atom. The van der Waals surface area contributed by atoms with Gasteiger partial charge in [0, 0.05) is 18.6 Å². The Bertz CT molecular complexity index is 843. The van der Waals surface area contributed by atoms with Crippen molar-refractivity contribution in [1.82, 2.24) is 14.8 Å². The normalized spacial score (nSPS) is 10.9. The number of carbonyl (C=O) groups excluding carboxylic acids is 1. The summed E-state index contributed by atoms with van der Waals surface area (Å²) in [4.78, 5) is 11.1. The third-order valence-corrected chi connectivity index (χ3v) is 4.92. The van der Waals surface area contributed by atoms with Crippen LogP contribution in [0.3, 0.4) is 0 Å². The van der Waals surface area contributed by atoms with Gasteiger partial charge in [-0.15, -0.1) is 10.2 Å². The summed E-state index contributed by atoms with van der Waals surface area (Å²) in [6.45, 7) is 2.63. The highest BCUT2D eigenvalue weighted by atomic mass is 32.2. The minimum atomic E-state index is -0.346. The summed E-state index contributed by atoms with van der Waals surface area (Å²) in [7, 11) is 0. The third-order valence-electron chi connectivity index (χ3n) is 3.90. The number of hydrogen-bond donors (Lipinski definition) is 1. The number of aromatic nitrogens is 3. The summed E-state index contributed by atoms with van der Waals surface area (Å²) in [6.07, 6.45) is 2.36. The summed E-state index contributed by atoms with van der Waals surface area (Å²) >= 11 is 1.62. The fraction of sp³-hybridized carbons (Fsp3) is 0.278. The van der Waals surface area contributed by atoms with E-state index in [4.69, 9.17) is 10.2 Å². The summed E-state index contributed by atoms with van der Waals surface area (Å²) < 4.78 is 7.44. The largest absolute Gasteiger partial charge is 0.467 e. The lowest BCUT2D eigenvalue weighted by Crippen LogP contribution is -2.14. The molecule has 7 heteroatoms. The van der Waals surface area contributed by atoms with Crippen LogP contribution in [-0.4, -0.2) is 20.7 Å². The van der Waals surface area contributed by atoms with Gasteiger partial charge in [-0.1, -0.05) is 36.0 Å². The van der Waals surface area contributed by atoms with E-state index < -0.39 is 0 Å². The van der Waals surface area contributed by atoms with Crippen LogP contribution in [-0.2, 0) is 23.5 Å². The van der Waals surface area contributed by atoms with E-state index in [0.717, 1.165) is 22.5 Å². The van der Waals surface area contributed by atoms with Crippen molar-refractivity contribution in [2.75, 3.05) is 0 Å². The topological polar surface area (TPSA) is 86.9 Å². The molecule has 0 fully saturated rings. The molecule has 0 spiro atoms. The van der Waals surface area contributed by atoms with Crippen molar-refractivity contribution < 1.29 is 9.21 Å². The average molecular weight is 356 g/mol. The standard InChI is InChI=1S/C18H20N4O2S/c1-13-5-2-3-6-14(13)12-25-18-21-20-17(9-8-16(19)23)22(18)11-15-7-4-10-24-15/h2-7,10H,8-9,11-12H2,1H3,(H2,19,23). The van der Waals surface area contributed by atoms with Crippen molar-refractivity contribution >= 4 is 17.7 Å². The zero-order chi connectivity index (χ0) is 17.6. The third kappa shape index (κ3) is 4.51. The van der Waals surface area contributed by atoms with Crippen molar-refractivity contribution in [2.45, 2.75) is 37.2 Å². The minimum absolute atomic E-state index is 0.249.